The average molecular weight is 387 g/mol. The Hall–Kier alpha value is -2.25. The van der Waals surface area contributed by atoms with E-state index in [2.05, 4.69) is 5.32 Å². The molecule has 2 aromatic carbocycles. The summed E-state index contributed by atoms with van der Waals surface area (Å²) in [4.78, 5) is 10.6. The van der Waals surface area contributed by atoms with Gasteiger partial charge in [0.15, 0.2) is 0 Å². The highest BCUT2D eigenvalue weighted by Gasteiger charge is 2.30. The minimum absolute atomic E-state index is 0.0427. The smallest absolute Gasteiger partial charge is 0.416 e. The van der Waals surface area contributed by atoms with Crippen LogP contribution in [0.2, 0.25) is 5.02 Å². The number of hydrogen-bond donors (Lipinski definition) is 2. The highest BCUT2D eigenvalue weighted by atomic mass is 35.5. The number of amides is 1. The SMILES string of the molecule is NC(=O)CNCCOc1ccc(Cl)cc1Cc1cccc(C(F)(F)F)c1. The molecule has 0 aliphatic rings. The molecule has 26 heavy (non-hydrogen) atoms. The van der Waals surface area contributed by atoms with Crippen LogP contribution in [0.3, 0.4) is 0 Å². The van der Waals surface area contributed by atoms with Gasteiger partial charge in [0, 0.05) is 18.0 Å². The van der Waals surface area contributed by atoms with Crippen molar-refractivity contribution < 1.29 is 22.7 Å². The van der Waals surface area contributed by atoms with Gasteiger partial charge in [0.2, 0.25) is 5.91 Å². The van der Waals surface area contributed by atoms with Crippen molar-refractivity contribution in [2.75, 3.05) is 19.7 Å². The molecule has 0 unspecified atom stereocenters. The molecule has 0 saturated carbocycles. The molecule has 2 aromatic rings. The number of benzene rings is 2. The summed E-state index contributed by atoms with van der Waals surface area (Å²) in [6.45, 7) is 0.708. The molecule has 0 fully saturated rings. The average Bonchev–Trinajstić information content (AvgIpc) is 2.55. The van der Waals surface area contributed by atoms with E-state index in [1.54, 1.807) is 24.3 Å². The number of rotatable bonds is 8. The zero-order valence-corrected chi connectivity index (χ0v) is 14.5. The Kier molecular flexibility index (Phi) is 6.88. The summed E-state index contributed by atoms with van der Waals surface area (Å²) >= 11 is 6.01. The number of primary amides is 1. The first-order valence-electron chi connectivity index (χ1n) is 7.82. The lowest BCUT2D eigenvalue weighted by Crippen LogP contribution is -2.31. The van der Waals surface area contributed by atoms with Crippen molar-refractivity contribution in [3.05, 3.63) is 64.2 Å². The second-order valence-electron chi connectivity index (χ2n) is 5.62. The highest BCUT2D eigenvalue weighted by Crippen LogP contribution is 2.31. The van der Waals surface area contributed by atoms with E-state index in [1.165, 1.54) is 6.07 Å². The number of nitrogens with two attached hydrogens (primary N) is 1. The molecule has 4 nitrogen and oxygen atoms in total. The molecule has 0 aliphatic carbocycles. The summed E-state index contributed by atoms with van der Waals surface area (Å²) in [5, 5.41) is 3.27. The van der Waals surface area contributed by atoms with Crippen LogP contribution >= 0.6 is 11.6 Å². The molecule has 0 heterocycles. The molecule has 0 aliphatic heterocycles. The summed E-state index contributed by atoms with van der Waals surface area (Å²) in [5.74, 6) is 0.0504. The Bertz CT molecular complexity index is 766. The third kappa shape index (κ3) is 6.24. The quantitative estimate of drug-likeness (QED) is 0.683. The normalized spacial score (nSPS) is 11.4. The van der Waals surface area contributed by atoms with Gasteiger partial charge in [-0.15, -0.1) is 0 Å². The predicted octanol–water partition coefficient (Wildman–Crippen LogP) is 3.40. The van der Waals surface area contributed by atoms with Crippen molar-refractivity contribution in [2.45, 2.75) is 12.6 Å². The first-order chi connectivity index (χ1) is 12.3. The van der Waals surface area contributed by atoms with E-state index in [1.807, 2.05) is 0 Å². The molecule has 1 amide bonds. The molecule has 0 aromatic heterocycles. The van der Waals surface area contributed by atoms with Gasteiger partial charge in [0.25, 0.3) is 0 Å². The molecule has 0 bridgehead atoms. The van der Waals surface area contributed by atoms with E-state index in [0.29, 0.717) is 28.4 Å². The monoisotopic (exact) mass is 386 g/mol. The predicted molar refractivity (Wildman–Crippen MR) is 93.3 cm³/mol. The Morgan fingerprint density at radius 2 is 1.96 bits per heavy atom. The Balaban J connectivity index is 2.09. The lowest BCUT2D eigenvalue weighted by molar-refractivity contribution is -0.137. The maximum Gasteiger partial charge on any atom is 0.416 e. The molecular weight excluding hydrogens is 369 g/mol. The maximum atomic E-state index is 12.9. The summed E-state index contributed by atoms with van der Waals surface area (Å²) in [7, 11) is 0. The molecule has 0 spiro atoms. The summed E-state index contributed by atoms with van der Waals surface area (Å²) in [6.07, 6.45) is -4.15. The van der Waals surface area contributed by atoms with E-state index in [9.17, 15) is 18.0 Å². The molecule has 3 N–H and O–H groups in total. The van der Waals surface area contributed by atoms with Crippen LogP contribution in [0.5, 0.6) is 5.75 Å². The van der Waals surface area contributed by atoms with Crippen molar-refractivity contribution in [1.29, 1.82) is 0 Å². The van der Waals surface area contributed by atoms with Crippen molar-refractivity contribution >= 4 is 17.5 Å². The topological polar surface area (TPSA) is 64.4 Å². The summed E-state index contributed by atoms with van der Waals surface area (Å²) < 4.78 is 44.2. The van der Waals surface area contributed by atoms with Gasteiger partial charge in [-0.3, -0.25) is 4.79 Å². The van der Waals surface area contributed by atoms with Gasteiger partial charge in [-0.05, 0) is 35.4 Å². The molecule has 8 heteroatoms. The van der Waals surface area contributed by atoms with Gasteiger partial charge in [-0.2, -0.15) is 13.2 Å². The van der Waals surface area contributed by atoms with Crippen LogP contribution in [-0.2, 0) is 17.4 Å². The van der Waals surface area contributed by atoms with Crippen LogP contribution in [0.1, 0.15) is 16.7 Å². The molecule has 140 valence electrons. The Morgan fingerprint density at radius 3 is 2.65 bits per heavy atom. The Labute approximate surface area is 154 Å². The second-order valence-corrected chi connectivity index (χ2v) is 6.05. The van der Waals surface area contributed by atoms with Crippen LogP contribution in [0.15, 0.2) is 42.5 Å². The molecule has 2 rings (SSSR count). The number of nitrogens with one attached hydrogen (secondary N) is 1. The van der Waals surface area contributed by atoms with Gasteiger partial charge < -0.3 is 15.8 Å². The fourth-order valence-electron chi connectivity index (χ4n) is 2.35. The van der Waals surface area contributed by atoms with Gasteiger partial charge >= 0.3 is 6.18 Å². The highest BCUT2D eigenvalue weighted by molar-refractivity contribution is 6.30. The first-order valence-corrected chi connectivity index (χ1v) is 8.20. The van der Waals surface area contributed by atoms with Gasteiger partial charge in [-0.1, -0.05) is 29.8 Å². The van der Waals surface area contributed by atoms with Crippen LogP contribution in [-0.4, -0.2) is 25.6 Å². The second kappa shape index (κ2) is 8.91. The number of hydrogen-bond acceptors (Lipinski definition) is 3. The van der Waals surface area contributed by atoms with Crippen LogP contribution in [0.25, 0.3) is 0 Å². The fraction of sp³-hybridized carbons (Fsp3) is 0.278. The Morgan fingerprint density at radius 1 is 1.19 bits per heavy atom. The lowest BCUT2D eigenvalue weighted by Gasteiger charge is -2.13. The van der Waals surface area contributed by atoms with Gasteiger partial charge in [0.1, 0.15) is 12.4 Å². The number of carbonyl (C=O) groups excluding carboxylic acids is 1. The van der Waals surface area contributed by atoms with E-state index in [-0.39, 0.29) is 19.6 Å². The van der Waals surface area contributed by atoms with Crippen molar-refractivity contribution in [1.82, 2.24) is 5.32 Å². The van der Waals surface area contributed by atoms with E-state index in [4.69, 9.17) is 22.1 Å². The van der Waals surface area contributed by atoms with Crippen molar-refractivity contribution in [3.8, 4) is 5.75 Å². The van der Waals surface area contributed by atoms with Crippen LogP contribution in [0.4, 0.5) is 13.2 Å². The van der Waals surface area contributed by atoms with E-state index in [0.717, 1.165) is 12.1 Å². The number of carbonyl (C=O) groups is 1. The molecular formula is C18H18ClF3N2O2. The van der Waals surface area contributed by atoms with E-state index >= 15 is 0 Å². The zero-order chi connectivity index (χ0) is 19.2. The minimum Gasteiger partial charge on any atom is -0.492 e. The maximum absolute atomic E-state index is 12.9. The minimum atomic E-state index is -4.39. The number of halogens is 4. The lowest BCUT2D eigenvalue weighted by atomic mass is 10.0. The van der Waals surface area contributed by atoms with Gasteiger partial charge in [0.05, 0.1) is 12.1 Å². The van der Waals surface area contributed by atoms with E-state index < -0.39 is 17.6 Å². The third-order valence-corrected chi connectivity index (χ3v) is 3.74. The largest absolute Gasteiger partial charge is 0.492 e. The summed E-state index contributed by atoms with van der Waals surface area (Å²) in [5.41, 5.74) is 5.49. The van der Waals surface area contributed by atoms with Crippen molar-refractivity contribution in [3.63, 3.8) is 0 Å². The summed E-state index contributed by atoms with van der Waals surface area (Å²) in [6, 6.07) is 10.1. The van der Waals surface area contributed by atoms with Gasteiger partial charge in [-0.25, -0.2) is 0 Å². The van der Waals surface area contributed by atoms with Crippen LogP contribution < -0.4 is 15.8 Å². The van der Waals surface area contributed by atoms with Crippen LogP contribution in [0, 0.1) is 0 Å². The van der Waals surface area contributed by atoms with Crippen molar-refractivity contribution in [2.24, 2.45) is 5.73 Å². The number of alkyl halides is 3. The first kappa shape index (κ1) is 20.1. The molecule has 0 atom stereocenters. The fourth-order valence-corrected chi connectivity index (χ4v) is 2.54. The standard InChI is InChI=1S/C18H18ClF3N2O2/c19-15-4-5-16(26-7-6-24-11-17(23)25)13(10-15)8-12-2-1-3-14(9-12)18(20,21)22/h1-5,9-10,24H,6-8,11H2,(H2,23,25). The third-order valence-electron chi connectivity index (χ3n) is 3.51. The molecule has 0 saturated heterocycles. The number of ether oxygens (including phenoxy) is 1. The zero-order valence-electron chi connectivity index (χ0n) is 13.8. The molecule has 0 radical (unpaired) electrons.